The predicted molar refractivity (Wildman–Crippen MR) is 206 cm³/mol. The van der Waals surface area contributed by atoms with Crippen LogP contribution in [0.15, 0.2) is 170 Å². The minimum Gasteiger partial charge on any atom is -0.135 e. The fourth-order valence-electron chi connectivity index (χ4n) is 7.24. The van der Waals surface area contributed by atoms with Crippen LogP contribution in [0, 0.1) is 0 Å². The fraction of sp³-hybridized carbons (Fsp3) is 0. The molecule has 0 aliphatic heterocycles. The first kappa shape index (κ1) is 19.7. The van der Waals surface area contributed by atoms with E-state index in [9.17, 15) is 5.48 Å². The van der Waals surface area contributed by atoms with Crippen LogP contribution in [0.1, 0.15) is 11.0 Å². The number of fused-ring (bicyclic) bond motifs is 8. The van der Waals surface area contributed by atoms with E-state index in [2.05, 4.69) is 24.3 Å². The van der Waals surface area contributed by atoms with Gasteiger partial charge in [-0.25, -0.2) is 0 Å². The Hall–Kier alpha value is -5.76. The SMILES string of the molecule is [2H]c1c([2H])c([2H])c2c(-c3cc4ccccc4c4ccccc34)c3c([2H])c([2H])c([2H])c([2H])c3c(-c3ccc(-c4cccc5c4sc4ccccc45)cc3)c2c1[2H]. The molecule has 0 saturated carbocycles. The topological polar surface area (TPSA) is 0 Å². The van der Waals surface area contributed by atoms with Gasteiger partial charge in [0.1, 0.15) is 0 Å². The smallest absolute Gasteiger partial charge is 0.0629 e. The lowest BCUT2D eigenvalue weighted by molar-refractivity contribution is 1.65. The van der Waals surface area contributed by atoms with Crippen molar-refractivity contribution in [2.45, 2.75) is 0 Å². The van der Waals surface area contributed by atoms with Crippen LogP contribution in [0.5, 0.6) is 0 Å². The van der Waals surface area contributed by atoms with Crippen molar-refractivity contribution in [2.24, 2.45) is 0 Å². The summed E-state index contributed by atoms with van der Waals surface area (Å²) in [5.74, 6) is 0. The zero-order chi connectivity index (χ0) is 37.9. The highest BCUT2D eigenvalue weighted by molar-refractivity contribution is 7.26. The molecule has 0 bridgehead atoms. The molecular formula is C46H28S. The van der Waals surface area contributed by atoms with Crippen molar-refractivity contribution in [3.63, 3.8) is 0 Å². The van der Waals surface area contributed by atoms with Gasteiger partial charge in [-0.1, -0.05) is 158 Å². The summed E-state index contributed by atoms with van der Waals surface area (Å²) in [5.41, 5.74) is 3.90. The maximum Gasteiger partial charge on any atom is 0.0629 e. The second-order valence-electron chi connectivity index (χ2n) is 11.8. The molecule has 0 unspecified atom stereocenters. The summed E-state index contributed by atoms with van der Waals surface area (Å²) in [4.78, 5) is 0. The normalized spacial score (nSPS) is 14.2. The molecule has 0 amide bonds. The number of thiophene rings is 1. The van der Waals surface area contributed by atoms with Crippen molar-refractivity contribution in [3.8, 4) is 33.4 Å². The molecule has 0 aliphatic rings. The summed E-state index contributed by atoms with van der Waals surface area (Å²) in [5, 5.41) is 6.81. The second-order valence-corrected chi connectivity index (χ2v) is 12.9. The highest BCUT2D eigenvalue weighted by Gasteiger charge is 2.19. The zero-order valence-electron chi connectivity index (χ0n) is 33.0. The summed E-state index contributed by atoms with van der Waals surface area (Å²) >= 11 is 1.73. The summed E-state index contributed by atoms with van der Waals surface area (Å²) in [6.07, 6.45) is 0. The molecular weight excluding hydrogens is 585 g/mol. The van der Waals surface area contributed by atoms with Crippen molar-refractivity contribution >= 4 is 74.6 Å². The molecule has 10 rings (SSSR count). The van der Waals surface area contributed by atoms with Gasteiger partial charge in [-0.15, -0.1) is 11.3 Å². The third kappa shape index (κ3) is 4.00. The Morgan fingerprint density at radius 1 is 0.383 bits per heavy atom. The van der Waals surface area contributed by atoms with Gasteiger partial charge in [-0.3, -0.25) is 0 Å². The highest BCUT2D eigenvalue weighted by atomic mass is 32.1. The van der Waals surface area contributed by atoms with E-state index in [1.54, 1.807) is 11.3 Å². The van der Waals surface area contributed by atoms with Crippen molar-refractivity contribution < 1.29 is 11.0 Å². The van der Waals surface area contributed by atoms with E-state index in [0.717, 1.165) is 37.4 Å². The first-order valence-corrected chi connectivity index (χ1v) is 16.3. The van der Waals surface area contributed by atoms with Gasteiger partial charge in [0.05, 0.1) is 11.0 Å². The maximum absolute atomic E-state index is 9.43. The van der Waals surface area contributed by atoms with Crippen LogP contribution in [0.4, 0.5) is 0 Å². The molecule has 0 atom stereocenters. The van der Waals surface area contributed by atoms with Gasteiger partial charge >= 0.3 is 0 Å². The summed E-state index contributed by atoms with van der Waals surface area (Å²) in [6, 6.07) is 37.3. The second kappa shape index (κ2) is 10.4. The van der Waals surface area contributed by atoms with E-state index in [4.69, 9.17) is 5.48 Å². The minimum absolute atomic E-state index is 0.204. The Balaban J connectivity index is 1.36. The molecule has 9 aromatic carbocycles. The third-order valence-electron chi connectivity index (χ3n) is 9.30. The van der Waals surface area contributed by atoms with Gasteiger partial charge in [0, 0.05) is 20.2 Å². The average Bonchev–Trinajstić information content (AvgIpc) is 3.61. The fourth-order valence-corrected chi connectivity index (χ4v) is 8.47. The molecule has 1 heterocycles. The summed E-state index contributed by atoms with van der Waals surface area (Å²) in [7, 11) is 0. The van der Waals surface area contributed by atoms with Crippen LogP contribution in [0.2, 0.25) is 0 Å². The Bertz CT molecular complexity index is 3210. The predicted octanol–water partition coefficient (Wildman–Crippen LogP) is 13.7. The van der Waals surface area contributed by atoms with Gasteiger partial charge in [0.2, 0.25) is 0 Å². The molecule has 47 heavy (non-hydrogen) atoms. The van der Waals surface area contributed by atoms with Crippen molar-refractivity contribution in [1.82, 2.24) is 0 Å². The van der Waals surface area contributed by atoms with E-state index in [1.165, 1.54) is 15.5 Å². The Morgan fingerprint density at radius 3 is 1.66 bits per heavy atom. The Kier molecular flexibility index (Phi) is 4.35. The van der Waals surface area contributed by atoms with Gasteiger partial charge in [-0.05, 0) is 88.6 Å². The van der Waals surface area contributed by atoms with Crippen molar-refractivity contribution in [3.05, 3.63) is 170 Å². The summed E-state index contributed by atoms with van der Waals surface area (Å²) in [6.45, 7) is 0. The molecule has 0 N–H and O–H groups in total. The first-order chi connectivity index (χ1) is 26.7. The minimum atomic E-state index is -0.415. The first-order valence-electron chi connectivity index (χ1n) is 19.5. The molecule has 1 heteroatoms. The van der Waals surface area contributed by atoms with Crippen LogP contribution in [0.3, 0.4) is 0 Å². The van der Waals surface area contributed by atoms with Gasteiger partial charge in [0.25, 0.3) is 0 Å². The van der Waals surface area contributed by atoms with E-state index in [0.29, 0.717) is 22.3 Å². The maximum atomic E-state index is 9.43. The van der Waals surface area contributed by atoms with Crippen molar-refractivity contribution in [1.29, 1.82) is 0 Å². The average molecular weight is 621 g/mol. The van der Waals surface area contributed by atoms with E-state index in [-0.39, 0.29) is 45.7 Å². The zero-order valence-corrected chi connectivity index (χ0v) is 25.8. The standard InChI is InChI=1S/C46H28S/c1-2-13-32-31(12-1)28-42(35-15-4-3-14-34(32)35)45-39-19-7-5-17-37(39)44(38-18-6-8-20-40(38)45)30-26-24-29(25-27-30)33-21-11-22-41-36-16-9-10-23-43(36)47-46(33)41/h1-28H/i5D,6D,7D,8D,17D,18D,19D,20D. The van der Waals surface area contributed by atoms with Gasteiger partial charge < -0.3 is 0 Å². The molecule has 10 aromatic rings. The number of rotatable bonds is 3. The molecule has 218 valence electrons. The van der Waals surface area contributed by atoms with Gasteiger partial charge in [0.15, 0.2) is 0 Å². The quantitative estimate of drug-likeness (QED) is 0.136. The monoisotopic (exact) mass is 620 g/mol. The van der Waals surface area contributed by atoms with Gasteiger partial charge in [-0.2, -0.15) is 0 Å². The van der Waals surface area contributed by atoms with E-state index >= 15 is 0 Å². The Labute approximate surface area is 288 Å². The van der Waals surface area contributed by atoms with E-state index in [1.807, 2.05) is 97.1 Å². The molecule has 1 aromatic heterocycles. The Morgan fingerprint density at radius 2 is 0.936 bits per heavy atom. The van der Waals surface area contributed by atoms with Crippen molar-refractivity contribution in [2.75, 3.05) is 0 Å². The van der Waals surface area contributed by atoms with Crippen LogP contribution in [0.25, 0.3) is 96.6 Å². The van der Waals surface area contributed by atoms with Crippen LogP contribution >= 0.6 is 11.3 Å². The third-order valence-corrected chi connectivity index (χ3v) is 10.5. The molecule has 0 saturated heterocycles. The molecule has 0 radical (unpaired) electrons. The molecule has 0 spiro atoms. The van der Waals surface area contributed by atoms with Crippen LogP contribution in [-0.2, 0) is 0 Å². The van der Waals surface area contributed by atoms with E-state index < -0.39 is 24.2 Å². The number of benzene rings is 9. The lowest BCUT2D eigenvalue weighted by atomic mass is 9.83. The molecule has 0 nitrogen and oxygen atoms in total. The summed E-state index contributed by atoms with van der Waals surface area (Å²) < 4.78 is 75.4. The molecule has 0 aliphatic carbocycles. The lowest BCUT2D eigenvalue weighted by Crippen LogP contribution is -1.92. The highest BCUT2D eigenvalue weighted by Crippen LogP contribution is 2.47. The largest absolute Gasteiger partial charge is 0.135 e. The lowest BCUT2D eigenvalue weighted by Gasteiger charge is -2.19. The molecule has 0 fully saturated rings. The number of hydrogen-bond acceptors (Lipinski definition) is 1. The van der Waals surface area contributed by atoms with Crippen LogP contribution in [-0.4, -0.2) is 0 Å². The number of hydrogen-bond donors (Lipinski definition) is 0. The van der Waals surface area contributed by atoms with Crippen LogP contribution < -0.4 is 0 Å².